The van der Waals surface area contributed by atoms with Gasteiger partial charge in [-0.1, -0.05) is 48.9 Å². The van der Waals surface area contributed by atoms with Gasteiger partial charge in [0.15, 0.2) is 0 Å². The topological polar surface area (TPSA) is 55.5 Å². The highest BCUT2D eigenvalue weighted by Crippen LogP contribution is 2.38. The summed E-state index contributed by atoms with van der Waals surface area (Å²) in [7, 11) is 0. The van der Waals surface area contributed by atoms with Gasteiger partial charge in [0.05, 0.1) is 5.56 Å². The van der Waals surface area contributed by atoms with E-state index in [4.69, 9.17) is 16.3 Å². The largest absolute Gasteiger partial charge is 0.457 e. The van der Waals surface area contributed by atoms with E-state index < -0.39 is 0 Å². The van der Waals surface area contributed by atoms with Crippen molar-refractivity contribution in [2.45, 2.75) is 19.8 Å². The van der Waals surface area contributed by atoms with Crippen molar-refractivity contribution in [1.82, 2.24) is 19.6 Å². The lowest BCUT2D eigenvalue weighted by Gasteiger charge is -2.33. The third-order valence-electron chi connectivity index (χ3n) is 5.56. The van der Waals surface area contributed by atoms with E-state index >= 15 is 0 Å². The van der Waals surface area contributed by atoms with Crippen LogP contribution in [-0.4, -0.2) is 32.7 Å². The molecule has 0 saturated carbocycles. The van der Waals surface area contributed by atoms with Crippen LogP contribution in [0.25, 0.3) is 16.9 Å². The second-order valence-electron chi connectivity index (χ2n) is 7.68. The Kier molecular flexibility index (Phi) is 5.01. The maximum atomic E-state index is 6.67. The van der Waals surface area contributed by atoms with E-state index in [0.717, 1.165) is 60.3 Å². The minimum atomic E-state index is 0.431. The number of halogens is 1. The summed E-state index contributed by atoms with van der Waals surface area (Å²) in [5, 5.41) is 4.86. The van der Waals surface area contributed by atoms with Gasteiger partial charge in [0, 0.05) is 13.1 Å². The van der Waals surface area contributed by atoms with Gasteiger partial charge in [0.25, 0.3) is 5.78 Å². The average molecular weight is 420 g/mol. The molecule has 0 amide bonds. The molecule has 0 bridgehead atoms. The fourth-order valence-corrected chi connectivity index (χ4v) is 4.15. The van der Waals surface area contributed by atoms with Gasteiger partial charge in [0.2, 0.25) is 0 Å². The quantitative estimate of drug-likeness (QED) is 0.410. The Bertz CT molecular complexity index is 1150. The van der Waals surface area contributed by atoms with Gasteiger partial charge in [-0.2, -0.15) is 19.6 Å². The lowest BCUT2D eigenvalue weighted by Crippen LogP contribution is -2.34. The molecule has 6 nitrogen and oxygen atoms in total. The summed E-state index contributed by atoms with van der Waals surface area (Å²) in [6, 6.07) is 17.7. The number of hydrogen-bond acceptors (Lipinski definition) is 5. The maximum Gasteiger partial charge on any atom is 0.255 e. The molecule has 5 rings (SSSR count). The number of anilines is 1. The third-order valence-corrected chi connectivity index (χ3v) is 5.84. The standard InChI is InChI=1S/C23H22ClN5O/c1-16-11-13-28(14-12-16)22-20(21(24)27-23-25-15-26-29(22)23)17-7-9-19(10-8-17)30-18-5-3-2-4-6-18/h2-10,15-16H,11-14H2,1H3. The number of nitrogens with zero attached hydrogens (tertiary/aromatic N) is 5. The average Bonchev–Trinajstić information content (AvgIpc) is 3.23. The van der Waals surface area contributed by atoms with Gasteiger partial charge in [-0.25, -0.2) is 0 Å². The van der Waals surface area contributed by atoms with Crippen molar-refractivity contribution in [2.24, 2.45) is 5.92 Å². The van der Waals surface area contributed by atoms with Crippen LogP contribution in [0.4, 0.5) is 5.82 Å². The molecule has 1 saturated heterocycles. The molecule has 0 aliphatic carbocycles. The van der Waals surface area contributed by atoms with Crippen molar-refractivity contribution in [1.29, 1.82) is 0 Å². The summed E-state index contributed by atoms with van der Waals surface area (Å²) in [6.45, 7) is 4.21. The van der Waals surface area contributed by atoms with E-state index in [1.54, 1.807) is 4.52 Å². The predicted octanol–water partition coefficient (Wildman–Crippen LogP) is 5.47. The molecule has 0 radical (unpaired) electrons. The first-order valence-corrected chi connectivity index (χ1v) is 10.5. The van der Waals surface area contributed by atoms with Crippen LogP contribution in [0.2, 0.25) is 5.15 Å². The van der Waals surface area contributed by atoms with Crippen molar-refractivity contribution in [2.75, 3.05) is 18.0 Å². The summed E-state index contributed by atoms with van der Waals surface area (Å²) < 4.78 is 7.73. The number of aromatic nitrogens is 4. The predicted molar refractivity (Wildman–Crippen MR) is 118 cm³/mol. The van der Waals surface area contributed by atoms with Crippen molar-refractivity contribution in [3.8, 4) is 22.6 Å². The molecule has 1 aliphatic heterocycles. The van der Waals surface area contributed by atoms with Crippen LogP contribution >= 0.6 is 11.6 Å². The summed E-state index contributed by atoms with van der Waals surface area (Å²) in [5.74, 6) is 3.76. The SMILES string of the molecule is CC1CCN(c2c(-c3ccc(Oc4ccccc4)cc3)c(Cl)nc3ncnn23)CC1. The molecule has 0 spiro atoms. The first-order chi connectivity index (χ1) is 14.7. The van der Waals surface area contributed by atoms with Gasteiger partial charge >= 0.3 is 0 Å². The van der Waals surface area contributed by atoms with Crippen molar-refractivity contribution in [3.05, 3.63) is 66.1 Å². The molecule has 1 aliphatic rings. The van der Waals surface area contributed by atoms with Crippen LogP contribution < -0.4 is 9.64 Å². The summed E-state index contributed by atoms with van der Waals surface area (Å²) in [5.41, 5.74) is 1.84. The van der Waals surface area contributed by atoms with Crippen LogP contribution in [0.15, 0.2) is 60.9 Å². The molecular formula is C23H22ClN5O. The van der Waals surface area contributed by atoms with Crippen LogP contribution in [0.5, 0.6) is 11.5 Å². The molecule has 2 aromatic heterocycles. The fraction of sp³-hybridized carbons (Fsp3) is 0.261. The number of rotatable bonds is 4. The summed E-state index contributed by atoms with van der Waals surface area (Å²) in [6.07, 6.45) is 3.80. The number of fused-ring (bicyclic) bond motifs is 1. The third kappa shape index (κ3) is 3.59. The Morgan fingerprint density at radius 3 is 2.40 bits per heavy atom. The molecule has 0 unspecified atom stereocenters. The van der Waals surface area contributed by atoms with Crippen LogP contribution in [0.3, 0.4) is 0 Å². The lowest BCUT2D eigenvalue weighted by atomic mass is 9.98. The first-order valence-electron chi connectivity index (χ1n) is 10.2. The molecule has 4 aromatic rings. The van der Waals surface area contributed by atoms with Crippen LogP contribution in [0.1, 0.15) is 19.8 Å². The highest BCUT2D eigenvalue weighted by atomic mass is 35.5. The van der Waals surface area contributed by atoms with E-state index in [1.807, 2.05) is 54.6 Å². The molecule has 3 heterocycles. The summed E-state index contributed by atoms with van der Waals surface area (Å²) in [4.78, 5) is 11.1. The molecule has 30 heavy (non-hydrogen) atoms. The van der Waals surface area contributed by atoms with E-state index in [0.29, 0.717) is 10.9 Å². The zero-order chi connectivity index (χ0) is 20.5. The minimum absolute atomic E-state index is 0.431. The Balaban J connectivity index is 1.55. The van der Waals surface area contributed by atoms with Crippen LogP contribution in [-0.2, 0) is 0 Å². The minimum Gasteiger partial charge on any atom is -0.457 e. The number of para-hydroxylation sites is 1. The second-order valence-corrected chi connectivity index (χ2v) is 8.04. The van der Waals surface area contributed by atoms with Gasteiger partial charge in [-0.15, -0.1) is 0 Å². The van der Waals surface area contributed by atoms with Crippen molar-refractivity contribution >= 4 is 23.2 Å². The Labute approximate surface area is 180 Å². The fourth-order valence-electron chi connectivity index (χ4n) is 3.88. The highest BCUT2D eigenvalue weighted by Gasteiger charge is 2.25. The lowest BCUT2D eigenvalue weighted by molar-refractivity contribution is 0.435. The highest BCUT2D eigenvalue weighted by molar-refractivity contribution is 6.33. The zero-order valence-corrected chi connectivity index (χ0v) is 17.5. The number of hydrogen-bond donors (Lipinski definition) is 0. The zero-order valence-electron chi connectivity index (χ0n) is 16.7. The maximum absolute atomic E-state index is 6.67. The van der Waals surface area contributed by atoms with E-state index in [1.165, 1.54) is 6.33 Å². The second kappa shape index (κ2) is 7.95. The Hall–Kier alpha value is -3.12. The first kappa shape index (κ1) is 18.9. The number of ether oxygens (including phenoxy) is 1. The van der Waals surface area contributed by atoms with Gasteiger partial charge < -0.3 is 9.64 Å². The van der Waals surface area contributed by atoms with Crippen molar-refractivity contribution in [3.63, 3.8) is 0 Å². The Morgan fingerprint density at radius 1 is 0.967 bits per heavy atom. The van der Waals surface area contributed by atoms with Gasteiger partial charge in [0.1, 0.15) is 28.8 Å². The molecule has 1 fully saturated rings. The molecule has 7 heteroatoms. The van der Waals surface area contributed by atoms with Crippen LogP contribution in [0, 0.1) is 5.92 Å². The molecule has 2 aromatic carbocycles. The van der Waals surface area contributed by atoms with Crippen molar-refractivity contribution < 1.29 is 4.74 Å². The van der Waals surface area contributed by atoms with E-state index in [-0.39, 0.29) is 0 Å². The van der Waals surface area contributed by atoms with E-state index in [9.17, 15) is 0 Å². The van der Waals surface area contributed by atoms with Gasteiger partial charge in [-0.05, 0) is 48.6 Å². The smallest absolute Gasteiger partial charge is 0.255 e. The van der Waals surface area contributed by atoms with Gasteiger partial charge in [-0.3, -0.25) is 0 Å². The molecule has 0 atom stereocenters. The normalized spacial score (nSPS) is 14.9. The number of piperidine rings is 1. The molecule has 0 N–H and O–H groups in total. The summed E-state index contributed by atoms with van der Waals surface area (Å²) >= 11 is 6.67. The Morgan fingerprint density at radius 2 is 1.67 bits per heavy atom. The molecular weight excluding hydrogens is 398 g/mol. The number of benzene rings is 2. The molecule has 152 valence electrons. The van der Waals surface area contributed by atoms with E-state index in [2.05, 4.69) is 26.9 Å². The monoisotopic (exact) mass is 419 g/mol.